The van der Waals surface area contributed by atoms with Crippen molar-refractivity contribution in [2.24, 2.45) is 16.8 Å². The second kappa shape index (κ2) is 7.21. The predicted octanol–water partition coefficient (Wildman–Crippen LogP) is 2.23. The number of hydrogen-bond donors (Lipinski definition) is 3. The molecule has 0 unspecified atom stereocenters. The van der Waals surface area contributed by atoms with Crippen LogP contribution in [0.5, 0.6) is 0 Å². The van der Waals surface area contributed by atoms with Crippen molar-refractivity contribution in [2.75, 3.05) is 0 Å². The van der Waals surface area contributed by atoms with Crippen LogP contribution in [0, 0.1) is 24.1 Å². The van der Waals surface area contributed by atoms with Gasteiger partial charge >= 0.3 is 5.92 Å². The number of rotatable bonds is 4. The van der Waals surface area contributed by atoms with E-state index in [-0.39, 0.29) is 17.7 Å². The van der Waals surface area contributed by atoms with E-state index in [4.69, 9.17) is 11.7 Å². The fraction of sp³-hybridized carbons (Fsp3) is 0.167. The van der Waals surface area contributed by atoms with Crippen LogP contribution in [-0.4, -0.2) is 15.6 Å². The van der Waals surface area contributed by atoms with Gasteiger partial charge in [-0.05, 0) is 25.1 Å². The first kappa shape index (κ1) is 19.2. The van der Waals surface area contributed by atoms with Gasteiger partial charge in [0.05, 0.1) is 29.4 Å². The summed E-state index contributed by atoms with van der Waals surface area (Å²) in [5, 5.41) is 17.1. The van der Waals surface area contributed by atoms with Crippen molar-refractivity contribution in [1.29, 1.82) is 5.26 Å². The number of hydrogen-bond acceptors (Lipinski definition) is 5. The number of aryl methyl sites for hydroxylation is 1. The van der Waals surface area contributed by atoms with E-state index in [0.29, 0.717) is 16.6 Å². The smallest absolute Gasteiger partial charge is 0.321 e. The van der Waals surface area contributed by atoms with Gasteiger partial charge in [0.15, 0.2) is 0 Å². The number of nitriles is 1. The highest BCUT2D eigenvalue weighted by Gasteiger charge is 2.39. The van der Waals surface area contributed by atoms with E-state index >= 15 is 0 Å². The first-order valence-electron chi connectivity index (χ1n) is 8.11. The minimum absolute atomic E-state index is 0.0953. The molecular weight excluding hydrogens is 371 g/mol. The first-order chi connectivity index (χ1) is 13.3. The molecule has 0 amide bonds. The highest BCUT2D eigenvalue weighted by molar-refractivity contribution is 5.91. The van der Waals surface area contributed by atoms with Gasteiger partial charge in [-0.15, -0.1) is 0 Å². The number of nitrogens with zero attached hydrogens (tertiary/aromatic N) is 4. The Labute approximate surface area is 158 Å². The van der Waals surface area contributed by atoms with Crippen LogP contribution in [0.15, 0.2) is 41.5 Å². The Morgan fingerprint density at radius 1 is 1.36 bits per heavy atom. The number of alkyl halides is 2. The highest BCUT2D eigenvalue weighted by atomic mass is 19.3. The number of amidine groups is 1. The third kappa shape index (κ3) is 3.12. The quantitative estimate of drug-likeness (QED) is 0.275. The Morgan fingerprint density at radius 2 is 2.11 bits per heavy atom. The maximum atomic E-state index is 14.6. The summed E-state index contributed by atoms with van der Waals surface area (Å²) in [6.45, 7) is 1.61. The van der Waals surface area contributed by atoms with E-state index < -0.39 is 23.1 Å². The number of nitrogens with two attached hydrogens (primary N) is 2. The lowest BCUT2D eigenvalue weighted by Gasteiger charge is -2.18. The van der Waals surface area contributed by atoms with Crippen molar-refractivity contribution >= 4 is 16.7 Å². The number of halogens is 3. The molecule has 0 aliphatic carbocycles. The lowest BCUT2D eigenvalue weighted by molar-refractivity contribution is 0.0714. The average Bonchev–Trinajstić information content (AvgIpc) is 2.99. The van der Waals surface area contributed by atoms with Crippen LogP contribution < -0.4 is 17.1 Å². The molecule has 1 aromatic heterocycles. The molecule has 0 fully saturated rings. The Balaban J connectivity index is 2.15. The molecule has 3 rings (SSSR count). The summed E-state index contributed by atoms with van der Waals surface area (Å²) in [4.78, 5) is 0. The fourth-order valence-corrected chi connectivity index (χ4v) is 2.98. The summed E-state index contributed by atoms with van der Waals surface area (Å²) in [7, 11) is 0. The van der Waals surface area contributed by atoms with E-state index in [9.17, 15) is 18.4 Å². The van der Waals surface area contributed by atoms with Gasteiger partial charge in [-0.1, -0.05) is 18.2 Å². The Morgan fingerprint density at radius 3 is 2.75 bits per heavy atom. The largest absolute Gasteiger partial charge is 0.332 e. The molecule has 5 N–H and O–H groups in total. The average molecular weight is 387 g/mol. The lowest BCUT2D eigenvalue weighted by Crippen LogP contribution is -2.43. The van der Waals surface area contributed by atoms with E-state index in [0.717, 1.165) is 0 Å². The first-order valence-corrected chi connectivity index (χ1v) is 8.11. The maximum Gasteiger partial charge on any atom is 0.332 e. The number of benzene rings is 2. The van der Waals surface area contributed by atoms with Crippen molar-refractivity contribution in [3.05, 3.63) is 64.6 Å². The molecule has 0 aliphatic rings. The zero-order chi connectivity index (χ0) is 20.5. The van der Waals surface area contributed by atoms with Crippen molar-refractivity contribution < 1.29 is 13.2 Å². The van der Waals surface area contributed by atoms with Gasteiger partial charge in [-0.25, -0.2) is 10.2 Å². The van der Waals surface area contributed by atoms with Crippen LogP contribution in [0.2, 0.25) is 0 Å². The fourth-order valence-electron chi connectivity index (χ4n) is 2.98. The molecule has 0 radical (unpaired) electrons. The van der Waals surface area contributed by atoms with E-state index in [1.54, 1.807) is 12.3 Å². The molecule has 0 saturated carbocycles. The Bertz CT molecular complexity index is 1110. The van der Waals surface area contributed by atoms with Gasteiger partial charge < -0.3 is 11.3 Å². The van der Waals surface area contributed by atoms with Crippen LogP contribution in [0.3, 0.4) is 0 Å². The van der Waals surface area contributed by atoms with Crippen molar-refractivity contribution in [2.45, 2.75) is 19.4 Å². The van der Waals surface area contributed by atoms with Crippen LogP contribution in [0.4, 0.5) is 13.2 Å². The summed E-state index contributed by atoms with van der Waals surface area (Å²) in [5.41, 5.74) is 2.56. The summed E-state index contributed by atoms with van der Waals surface area (Å²) >= 11 is 0. The predicted molar refractivity (Wildman–Crippen MR) is 97.5 cm³/mol. The SMILES string of the molecule is Cc1nn(Cc2c(F)cccc2C#N)c2cc(C(F)(F)/C(=N/N)NN)ccc12. The number of fused-ring (bicyclic) bond motifs is 1. The van der Waals surface area contributed by atoms with Gasteiger partial charge in [-0.3, -0.25) is 4.68 Å². The van der Waals surface area contributed by atoms with E-state index in [2.05, 4.69) is 10.2 Å². The van der Waals surface area contributed by atoms with E-state index in [1.807, 2.05) is 6.07 Å². The number of aromatic nitrogens is 2. The van der Waals surface area contributed by atoms with Crippen LogP contribution >= 0.6 is 0 Å². The van der Waals surface area contributed by atoms with Crippen molar-refractivity contribution in [3.8, 4) is 6.07 Å². The molecule has 0 bridgehead atoms. The third-order valence-electron chi connectivity index (χ3n) is 4.41. The highest BCUT2D eigenvalue weighted by Crippen LogP contribution is 2.32. The van der Waals surface area contributed by atoms with Crippen LogP contribution in [0.25, 0.3) is 10.9 Å². The Kier molecular flexibility index (Phi) is 4.94. The number of hydrazine groups is 1. The molecule has 1 heterocycles. The molecule has 0 spiro atoms. The molecule has 0 atom stereocenters. The number of nitrogens with one attached hydrogen (secondary N) is 1. The molecule has 3 aromatic rings. The summed E-state index contributed by atoms with van der Waals surface area (Å²) in [6.07, 6.45) is 0. The molecule has 144 valence electrons. The second-order valence-electron chi connectivity index (χ2n) is 6.05. The molecule has 2 aromatic carbocycles. The van der Waals surface area contributed by atoms with Gasteiger partial charge in [0, 0.05) is 16.5 Å². The van der Waals surface area contributed by atoms with Crippen molar-refractivity contribution in [1.82, 2.24) is 15.2 Å². The minimum atomic E-state index is -3.57. The zero-order valence-electron chi connectivity index (χ0n) is 14.7. The van der Waals surface area contributed by atoms with Gasteiger partial charge in [0.2, 0.25) is 5.84 Å². The molecular formula is C18H16F3N7. The molecule has 0 saturated heterocycles. The monoisotopic (exact) mass is 387 g/mol. The summed E-state index contributed by atoms with van der Waals surface area (Å²) in [5.74, 6) is 5.00. The van der Waals surface area contributed by atoms with Gasteiger partial charge in [0.25, 0.3) is 0 Å². The van der Waals surface area contributed by atoms with Crippen LogP contribution in [-0.2, 0) is 12.5 Å². The van der Waals surface area contributed by atoms with Crippen molar-refractivity contribution in [3.63, 3.8) is 0 Å². The summed E-state index contributed by atoms with van der Waals surface area (Å²) < 4.78 is 44.8. The Hall–Kier alpha value is -3.58. The molecule has 10 heteroatoms. The topological polar surface area (TPSA) is 118 Å². The van der Waals surface area contributed by atoms with Gasteiger partial charge in [0.1, 0.15) is 5.82 Å². The van der Waals surface area contributed by atoms with Crippen LogP contribution in [0.1, 0.15) is 22.4 Å². The maximum absolute atomic E-state index is 14.6. The third-order valence-corrected chi connectivity index (χ3v) is 4.41. The number of hydrazone groups is 1. The second-order valence-corrected chi connectivity index (χ2v) is 6.05. The molecule has 7 nitrogen and oxygen atoms in total. The lowest BCUT2D eigenvalue weighted by atomic mass is 10.0. The molecule has 0 aliphatic heterocycles. The normalized spacial score (nSPS) is 12.2. The zero-order valence-corrected chi connectivity index (χ0v) is 14.7. The minimum Gasteiger partial charge on any atom is -0.321 e. The van der Waals surface area contributed by atoms with Gasteiger partial charge in [-0.2, -0.15) is 24.2 Å². The van der Waals surface area contributed by atoms with E-state index in [1.165, 1.54) is 41.1 Å². The molecule has 28 heavy (non-hydrogen) atoms. The summed E-state index contributed by atoms with van der Waals surface area (Å²) in [6, 6.07) is 9.97. The standard InChI is InChI=1S/C18H16F3N7/c1-10-13-6-5-12(18(20,21)17(25-23)26-24)7-16(13)28(27-10)9-14-11(8-22)3-2-4-15(14)19/h2-7H,9,23-24H2,1H3,(H,25,26).